The van der Waals surface area contributed by atoms with Crippen molar-refractivity contribution >= 4 is 11.8 Å². The van der Waals surface area contributed by atoms with Gasteiger partial charge in [-0.3, -0.25) is 14.9 Å². The average molecular weight is 259 g/mol. The second kappa shape index (κ2) is 5.01. The Morgan fingerprint density at radius 3 is 2.84 bits per heavy atom. The minimum absolute atomic E-state index is 0.0157. The van der Waals surface area contributed by atoms with E-state index in [1.54, 1.807) is 4.90 Å². The highest BCUT2D eigenvalue weighted by atomic mass is 16.2. The summed E-state index contributed by atoms with van der Waals surface area (Å²) in [4.78, 5) is 25.8. The minimum Gasteiger partial charge on any atom is -0.331 e. The average Bonchev–Trinajstić information content (AvgIpc) is 2.92. The van der Waals surface area contributed by atoms with Gasteiger partial charge in [0.2, 0.25) is 5.91 Å². The number of nitrogens with one attached hydrogen (secondary N) is 2. The maximum absolute atomic E-state index is 12.2. The highest BCUT2D eigenvalue weighted by Gasteiger charge is 2.42. The van der Waals surface area contributed by atoms with Gasteiger partial charge < -0.3 is 10.2 Å². The third-order valence-corrected chi connectivity index (χ3v) is 3.73. The quantitative estimate of drug-likeness (QED) is 0.816. The number of benzene rings is 1. The Morgan fingerprint density at radius 2 is 2.05 bits per heavy atom. The van der Waals surface area contributed by atoms with E-state index < -0.39 is 6.17 Å². The number of carbonyl (C=O) groups excluding carboxylic acids is 2. The molecule has 2 fully saturated rings. The Kier molecular flexibility index (Phi) is 3.21. The molecular weight excluding hydrogens is 242 g/mol. The van der Waals surface area contributed by atoms with Crippen LogP contribution in [-0.2, 0) is 16.1 Å². The summed E-state index contributed by atoms with van der Waals surface area (Å²) in [5.74, 6) is -0.0549. The topological polar surface area (TPSA) is 61.4 Å². The fourth-order valence-corrected chi connectivity index (χ4v) is 2.72. The molecule has 1 aromatic rings. The van der Waals surface area contributed by atoms with Crippen LogP contribution in [0.2, 0.25) is 0 Å². The molecule has 2 N–H and O–H groups in total. The van der Waals surface area contributed by atoms with Crippen molar-refractivity contribution in [2.45, 2.75) is 31.6 Å². The molecule has 5 heteroatoms. The first-order valence-corrected chi connectivity index (χ1v) is 6.64. The van der Waals surface area contributed by atoms with Crippen LogP contribution in [-0.4, -0.2) is 35.5 Å². The van der Waals surface area contributed by atoms with Crippen LogP contribution in [0.15, 0.2) is 30.3 Å². The van der Waals surface area contributed by atoms with E-state index in [0.717, 1.165) is 18.4 Å². The van der Waals surface area contributed by atoms with Crippen molar-refractivity contribution in [1.82, 2.24) is 15.5 Å². The fraction of sp³-hybridized carbons (Fsp3) is 0.429. The van der Waals surface area contributed by atoms with Gasteiger partial charge in [0.15, 0.2) is 6.17 Å². The highest BCUT2D eigenvalue weighted by Crippen LogP contribution is 2.21. The van der Waals surface area contributed by atoms with Crippen molar-refractivity contribution in [2.75, 3.05) is 6.54 Å². The molecule has 0 saturated carbocycles. The predicted molar refractivity (Wildman–Crippen MR) is 69.9 cm³/mol. The van der Waals surface area contributed by atoms with Gasteiger partial charge in [0.25, 0.3) is 5.91 Å². The molecule has 2 aliphatic heterocycles. The SMILES string of the molecule is O=C1N[C@@H](NCc2ccccc2)C(=O)N2CCC[C@@H]12. The van der Waals surface area contributed by atoms with Crippen molar-refractivity contribution in [2.24, 2.45) is 0 Å². The standard InChI is InChI=1S/C14H17N3O2/c18-13-11-7-4-8-17(11)14(19)12(16-13)15-9-10-5-2-1-3-6-10/h1-3,5-6,11-12,15H,4,7-9H2,(H,16,18)/t11-,12+/m0/s1. The Labute approximate surface area is 112 Å². The summed E-state index contributed by atoms with van der Waals surface area (Å²) in [6, 6.07) is 9.58. The van der Waals surface area contributed by atoms with Gasteiger partial charge >= 0.3 is 0 Å². The van der Waals surface area contributed by atoms with E-state index in [9.17, 15) is 9.59 Å². The summed E-state index contributed by atoms with van der Waals surface area (Å²) < 4.78 is 0. The van der Waals surface area contributed by atoms with Crippen LogP contribution in [0.1, 0.15) is 18.4 Å². The molecule has 1 aromatic carbocycles. The molecule has 100 valence electrons. The first-order valence-electron chi connectivity index (χ1n) is 6.64. The minimum atomic E-state index is -0.595. The van der Waals surface area contributed by atoms with E-state index in [1.807, 2.05) is 30.3 Å². The van der Waals surface area contributed by atoms with Gasteiger partial charge in [-0.1, -0.05) is 30.3 Å². The van der Waals surface area contributed by atoms with Crippen molar-refractivity contribution in [1.29, 1.82) is 0 Å². The molecule has 0 unspecified atom stereocenters. The van der Waals surface area contributed by atoms with Gasteiger partial charge in [-0.05, 0) is 18.4 Å². The number of carbonyl (C=O) groups is 2. The third kappa shape index (κ3) is 2.33. The summed E-state index contributed by atoms with van der Waals surface area (Å²) in [5, 5.41) is 5.87. The lowest BCUT2D eigenvalue weighted by atomic mass is 10.1. The van der Waals surface area contributed by atoms with E-state index in [1.165, 1.54) is 0 Å². The van der Waals surface area contributed by atoms with E-state index in [4.69, 9.17) is 0 Å². The lowest BCUT2D eigenvalue weighted by Gasteiger charge is -2.34. The molecule has 0 spiro atoms. The first-order chi connectivity index (χ1) is 9.25. The highest BCUT2D eigenvalue weighted by molar-refractivity contribution is 5.97. The maximum Gasteiger partial charge on any atom is 0.260 e. The molecule has 3 rings (SSSR count). The summed E-state index contributed by atoms with van der Waals surface area (Å²) in [5.41, 5.74) is 1.09. The first kappa shape index (κ1) is 12.2. The second-order valence-electron chi connectivity index (χ2n) is 5.00. The number of fused-ring (bicyclic) bond motifs is 1. The molecule has 2 amide bonds. The van der Waals surface area contributed by atoms with Crippen LogP contribution in [0.5, 0.6) is 0 Å². The predicted octanol–water partition coefficient (Wildman–Crippen LogP) is 0.223. The van der Waals surface area contributed by atoms with Crippen LogP contribution in [0.4, 0.5) is 0 Å². The van der Waals surface area contributed by atoms with Crippen molar-refractivity contribution in [3.8, 4) is 0 Å². The maximum atomic E-state index is 12.2. The lowest BCUT2D eigenvalue weighted by molar-refractivity contribution is -0.148. The van der Waals surface area contributed by atoms with Crippen molar-refractivity contribution < 1.29 is 9.59 Å². The van der Waals surface area contributed by atoms with Crippen LogP contribution in [0.3, 0.4) is 0 Å². The van der Waals surface area contributed by atoms with Crippen LogP contribution < -0.4 is 10.6 Å². The Morgan fingerprint density at radius 1 is 1.26 bits per heavy atom. The smallest absolute Gasteiger partial charge is 0.260 e. The summed E-state index contributed by atoms with van der Waals surface area (Å²) >= 11 is 0. The number of amides is 2. The van der Waals surface area contributed by atoms with Gasteiger partial charge in [-0.25, -0.2) is 0 Å². The number of hydrogen-bond donors (Lipinski definition) is 2. The Hall–Kier alpha value is -1.88. The van der Waals surface area contributed by atoms with E-state index >= 15 is 0 Å². The van der Waals surface area contributed by atoms with Gasteiger partial charge in [0.05, 0.1) is 0 Å². The Balaban J connectivity index is 1.65. The summed E-state index contributed by atoms with van der Waals surface area (Å²) in [6.07, 6.45) is 1.10. The van der Waals surface area contributed by atoms with Gasteiger partial charge in [-0.2, -0.15) is 0 Å². The molecule has 0 aromatic heterocycles. The molecule has 0 aliphatic carbocycles. The van der Waals surface area contributed by atoms with Crippen molar-refractivity contribution in [3.63, 3.8) is 0 Å². The molecule has 2 saturated heterocycles. The van der Waals surface area contributed by atoms with Crippen LogP contribution in [0, 0.1) is 0 Å². The Bertz CT molecular complexity index is 489. The van der Waals surface area contributed by atoms with E-state index in [-0.39, 0.29) is 17.9 Å². The van der Waals surface area contributed by atoms with Gasteiger partial charge in [0.1, 0.15) is 6.04 Å². The molecule has 2 atom stereocenters. The molecule has 19 heavy (non-hydrogen) atoms. The fourth-order valence-electron chi connectivity index (χ4n) is 2.72. The largest absolute Gasteiger partial charge is 0.331 e. The summed E-state index contributed by atoms with van der Waals surface area (Å²) in [7, 11) is 0. The monoisotopic (exact) mass is 259 g/mol. The van der Waals surface area contributed by atoms with E-state index in [0.29, 0.717) is 13.1 Å². The number of rotatable bonds is 3. The zero-order valence-electron chi connectivity index (χ0n) is 10.6. The van der Waals surface area contributed by atoms with Crippen molar-refractivity contribution in [3.05, 3.63) is 35.9 Å². The van der Waals surface area contributed by atoms with Gasteiger partial charge in [0, 0.05) is 13.1 Å². The number of hydrogen-bond acceptors (Lipinski definition) is 3. The lowest BCUT2D eigenvalue weighted by Crippen LogP contribution is -2.65. The molecule has 5 nitrogen and oxygen atoms in total. The van der Waals surface area contributed by atoms with E-state index in [2.05, 4.69) is 10.6 Å². The molecule has 2 aliphatic rings. The normalized spacial score (nSPS) is 26.2. The number of nitrogens with zero attached hydrogens (tertiary/aromatic N) is 1. The zero-order valence-corrected chi connectivity index (χ0v) is 10.6. The molecule has 0 radical (unpaired) electrons. The molecule has 2 heterocycles. The van der Waals surface area contributed by atoms with Crippen LogP contribution >= 0.6 is 0 Å². The molecular formula is C14H17N3O2. The summed E-state index contributed by atoms with van der Waals surface area (Å²) in [6.45, 7) is 1.26. The van der Waals surface area contributed by atoms with Gasteiger partial charge in [-0.15, -0.1) is 0 Å². The zero-order chi connectivity index (χ0) is 13.2. The van der Waals surface area contributed by atoms with Crippen LogP contribution in [0.25, 0.3) is 0 Å². The second-order valence-corrected chi connectivity index (χ2v) is 5.00. The number of piperazine rings is 1. The molecule has 0 bridgehead atoms. The third-order valence-electron chi connectivity index (χ3n) is 3.73.